The van der Waals surface area contributed by atoms with Gasteiger partial charge in [0.1, 0.15) is 12.4 Å². The van der Waals surface area contributed by atoms with Gasteiger partial charge in [0.2, 0.25) is 0 Å². The third-order valence-electron chi connectivity index (χ3n) is 4.41. The van der Waals surface area contributed by atoms with Crippen LogP contribution in [0.15, 0.2) is 78.9 Å². The van der Waals surface area contributed by atoms with E-state index in [1.807, 2.05) is 23.5 Å². The van der Waals surface area contributed by atoms with Crippen LogP contribution in [0.4, 0.5) is 0 Å². The van der Waals surface area contributed by atoms with E-state index < -0.39 is 0 Å². The van der Waals surface area contributed by atoms with Gasteiger partial charge < -0.3 is 10.5 Å². The Bertz CT molecular complexity index is 990. The highest BCUT2D eigenvalue weighted by molar-refractivity contribution is 7.19. The molecule has 2 nitrogen and oxygen atoms in total. The smallest absolute Gasteiger partial charge is 0.119 e. The lowest BCUT2D eigenvalue weighted by Crippen LogP contribution is -2.10. The third kappa shape index (κ3) is 3.50. The first kappa shape index (κ1) is 16.8. The van der Waals surface area contributed by atoms with E-state index >= 15 is 0 Å². The molecule has 0 aliphatic rings. The van der Waals surface area contributed by atoms with Gasteiger partial charge in [-0.15, -0.1) is 11.3 Å². The van der Waals surface area contributed by atoms with Gasteiger partial charge in [-0.1, -0.05) is 60.7 Å². The Labute approximate surface area is 157 Å². The van der Waals surface area contributed by atoms with E-state index in [2.05, 4.69) is 66.7 Å². The highest BCUT2D eigenvalue weighted by atomic mass is 32.1. The molecule has 0 fully saturated rings. The monoisotopic (exact) mass is 359 g/mol. The molecule has 0 aliphatic carbocycles. The minimum Gasteiger partial charge on any atom is -0.492 e. The summed E-state index contributed by atoms with van der Waals surface area (Å²) in [5.41, 5.74) is 9.41. The minimum atomic E-state index is 0.526. The van der Waals surface area contributed by atoms with E-state index in [-0.39, 0.29) is 0 Å². The van der Waals surface area contributed by atoms with Crippen LogP contribution in [0, 0.1) is 0 Å². The van der Waals surface area contributed by atoms with E-state index in [1.165, 1.54) is 31.7 Å². The van der Waals surface area contributed by atoms with Gasteiger partial charge in [-0.05, 0) is 29.3 Å². The fraction of sp³-hybridized carbons (Fsp3) is 0.130. The average molecular weight is 359 g/mol. The fourth-order valence-corrected chi connectivity index (χ4v) is 4.47. The van der Waals surface area contributed by atoms with Crippen LogP contribution >= 0.6 is 11.3 Å². The second-order valence-corrected chi connectivity index (χ2v) is 7.36. The van der Waals surface area contributed by atoms with Gasteiger partial charge in [0, 0.05) is 33.5 Å². The van der Waals surface area contributed by atoms with Crippen molar-refractivity contribution in [1.29, 1.82) is 0 Å². The molecule has 1 aromatic heterocycles. The number of rotatable bonds is 6. The van der Waals surface area contributed by atoms with E-state index in [0.29, 0.717) is 13.2 Å². The predicted octanol–water partition coefficient (Wildman–Crippen LogP) is 5.50. The first-order valence-corrected chi connectivity index (χ1v) is 9.64. The van der Waals surface area contributed by atoms with Crippen molar-refractivity contribution < 1.29 is 4.74 Å². The molecular weight excluding hydrogens is 338 g/mol. The van der Waals surface area contributed by atoms with Crippen molar-refractivity contribution in [1.82, 2.24) is 0 Å². The van der Waals surface area contributed by atoms with E-state index in [4.69, 9.17) is 10.5 Å². The van der Waals surface area contributed by atoms with Crippen molar-refractivity contribution >= 4 is 21.4 Å². The number of fused-ring (bicyclic) bond motifs is 1. The second kappa shape index (κ2) is 7.73. The van der Waals surface area contributed by atoms with Crippen LogP contribution in [-0.2, 0) is 6.42 Å². The summed E-state index contributed by atoms with van der Waals surface area (Å²) >= 11 is 1.88. The number of thiophene rings is 1. The van der Waals surface area contributed by atoms with Crippen LogP contribution in [-0.4, -0.2) is 13.2 Å². The van der Waals surface area contributed by atoms with Crippen LogP contribution < -0.4 is 10.5 Å². The van der Waals surface area contributed by atoms with Crippen LogP contribution in [0.2, 0.25) is 0 Å². The van der Waals surface area contributed by atoms with Crippen LogP contribution in [0.5, 0.6) is 5.75 Å². The summed E-state index contributed by atoms with van der Waals surface area (Å²) in [6.45, 7) is 1.07. The lowest BCUT2D eigenvalue weighted by Gasteiger charge is -2.08. The fourth-order valence-electron chi connectivity index (χ4n) is 3.21. The first-order valence-electron chi connectivity index (χ1n) is 8.83. The topological polar surface area (TPSA) is 35.2 Å². The Balaban J connectivity index is 1.76. The van der Waals surface area contributed by atoms with Gasteiger partial charge >= 0.3 is 0 Å². The van der Waals surface area contributed by atoms with Crippen molar-refractivity contribution in [3.63, 3.8) is 0 Å². The zero-order chi connectivity index (χ0) is 17.8. The minimum absolute atomic E-state index is 0.526. The third-order valence-corrected chi connectivity index (χ3v) is 5.58. The van der Waals surface area contributed by atoms with Crippen LogP contribution in [0.1, 0.15) is 10.4 Å². The molecule has 4 aromatic rings. The summed E-state index contributed by atoms with van der Waals surface area (Å²) in [6, 6.07) is 27.7. The van der Waals surface area contributed by atoms with Gasteiger partial charge in [0.25, 0.3) is 0 Å². The molecule has 0 radical (unpaired) electrons. The normalized spacial score (nSPS) is 11.0. The maximum atomic E-state index is 5.62. The predicted molar refractivity (Wildman–Crippen MR) is 111 cm³/mol. The van der Waals surface area contributed by atoms with Crippen molar-refractivity contribution in [3.05, 3.63) is 89.3 Å². The Morgan fingerprint density at radius 1 is 0.808 bits per heavy atom. The highest BCUT2D eigenvalue weighted by Crippen LogP contribution is 2.40. The van der Waals surface area contributed by atoms with Gasteiger partial charge in [0.05, 0.1) is 0 Å². The second-order valence-electron chi connectivity index (χ2n) is 6.22. The van der Waals surface area contributed by atoms with Gasteiger partial charge in [0.15, 0.2) is 0 Å². The Hall–Kier alpha value is -2.62. The molecule has 3 aromatic carbocycles. The number of nitrogens with two attached hydrogens (primary N) is 1. The van der Waals surface area contributed by atoms with Gasteiger partial charge in [-0.25, -0.2) is 0 Å². The molecule has 0 spiro atoms. The van der Waals surface area contributed by atoms with Crippen molar-refractivity contribution in [2.45, 2.75) is 6.42 Å². The number of benzene rings is 3. The standard InChI is InChI=1S/C23H21NOS/c24-14-15-25-19-12-10-18(11-13-19)23-20-8-4-5-9-21(20)26-22(23)16-17-6-2-1-3-7-17/h1-13H,14-16,24H2. The highest BCUT2D eigenvalue weighted by Gasteiger charge is 2.14. The average Bonchev–Trinajstić information content (AvgIpc) is 3.05. The molecule has 0 aliphatic heterocycles. The van der Waals surface area contributed by atoms with Crippen molar-refractivity contribution in [2.75, 3.05) is 13.2 Å². The molecule has 1 heterocycles. The summed E-state index contributed by atoms with van der Waals surface area (Å²) in [5.74, 6) is 0.864. The molecule has 3 heteroatoms. The quantitative estimate of drug-likeness (QED) is 0.493. The van der Waals surface area contributed by atoms with E-state index in [1.54, 1.807) is 0 Å². The number of hydrogen-bond acceptors (Lipinski definition) is 3. The molecule has 0 unspecified atom stereocenters. The Morgan fingerprint density at radius 2 is 1.54 bits per heavy atom. The SMILES string of the molecule is NCCOc1ccc(-c2c(Cc3ccccc3)sc3ccccc23)cc1. The first-order chi connectivity index (χ1) is 12.8. The molecule has 0 saturated heterocycles. The molecule has 130 valence electrons. The molecule has 0 saturated carbocycles. The zero-order valence-electron chi connectivity index (χ0n) is 14.5. The van der Waals surface area contributed by atoms with Crippen molar-refractivity contribution in [3.8, 4) is 16.9 Å². The molecule has 0 bridgehead atoms. The molecular formula is C23H21NOS. The maximum Gasteiger partial charge on any atom is 0.119 e. The summed E-state index contributed by atoms with van der Waals surface area (Å²) in [4.78, 5) is 1.40. The summed E-state index contributed by atoms with van der Waals surface area (Å²) in [6.07, 6.45) is 0.945. The number of hydrogen-bond donors (Lipinski definition) is 1. The maximum absolute atomic E-state index is 5.62. The summed E-state index contributed by atoms with van der Waals surface area (Å²) in [5, 5.41) is 1.32. The lowest BCUT2D eigenvalue weighted by atomic mass is 9.99. The largest absolute Gasteiger partial charge is 0.492 e. The van der Waals surface area contributed by atoms with Crippen LogP contribution in [0.3, 0.4) is 0 Å². The van der Waals surface area contributed by atoms with Gasteiger partial charge in [-0.2, -0.15) is 0 Å². The van der Waals surface area contributed by atoms with E-state index in [0.717, 1.165) is 12.2 Å². The zero-order valence-corrected chi connectivity index (χ0v) is 15.3. The summed E-state index contributed by atoms with van der Waals surface area (Å²) in [7, 11) is 0. The van der Waals surface area contributed by atoms with Crippen molar-refractivity contribution in [2.24, 2.45) is 5.73 Å². The Morgan fingerprint density at radius 3 is 2.31 bits per heavy atom. The molecule has 4 rings (SSSR count). The lowest BCUT2D eigenvalue weighted by molar-refractivity contribution is 0.328. The molecule has 0 amide bonds. The van der Waals surface area contributed by atoms with E-state index in [9.17, 15) is 0 Å². The summed E-state index contributed by atoms with van der Waals surface area (Å²) < 4.78 is 6.95. The number of ether oxygens (including phenoxy) is 1. The molecule has 0 atom stereocenters. The Kier molecular flexibility index (Phi) is 5.00. The van der Waals surface area contributed by atoms with Crippen LogP contribution in [0.25, 0.3) is 21.2 Å². The van der Waals surface area contributed by atoms with Gasteiger partial charge in [-0.3, -0.25) is 0 Å². The molecule has 2 N–H and O–H groups in total. The molecule has 26 heavy (non-hydrogen) atoms.